The molecule has 0 unspecified atom stereocenters. The molecular weight excluding hydrogens is 204 g/mol. The Kier molecular flexibility index (Phi) is 3.98. The number of hydrogen-bond acceptors (Lipinski definition) is 4. The Hall–Kier alpha value is -0.810. The molecule has 5 heteroatoms. The van der Waals surface area contributed by atoms with Crippen LogP contribution < -0.4 is 10.1 Å². The molecule has 0 atom stereocenters. The fourth-order valence-corrected chi connectivity index (χ4v) is 1.08. The van der Waals surface area contributed by atoms with Crippen LogP contribution in [0.1, 0.15) is 0 Å². The molecule has 0 aliphatic heterocycles. The van der Waals surface area contributed by atoms with Crippen molar-refractivity contribution in [2.24, 2.45) is 0 Å². The van der Waals surface area contributed by atoms with Gasteiger partial charge in [0.05, 0.1) is 19.0 Å². The zero-order valence-electron chi connectivity index (χ0n) is 7.40. The number of anilines is 1. The second-order valence-electron chi connectivity index (χ2n) is 2.21. The topological polar surface area (TPSA) is 34.1 Å². The van der Waals surface area contributed by atoms with E-state index in [0.717, 1.165) is 10.0 Å². The van der Waals surface area contributed by atoms with Gasteiger partial charge in [0, 0.05) is 6.07 Å². The number of methoxy groups -OCH3 is 1. The van der Waals surface area contributed by atoms with Gasteiger partial charge in [0.15, 0.2) is 0 Å². The highest BCUT2D eigenvalue weighted by Crippen LogP contribution is 2.12. The van der Waals surface area contributed by atoms with Gasteiger partial charge in [-0.25, -0.2) is 4.98 Å². The first kappa shape index (κ1) is 10.3. The summed E-state index contributed by atoms with van der Waals surface area (Å²) in [7, 11) is 1.59. The summed E-state index contributed by atoms with van der Waals surface area (Å²) in [6, 6.07) is 3.65. The summed E-state index contributed by atoms with van der Waals surface area (Å²) in [5, 5.41) is 3.02. The zero-order valence-corrected chi connectivity index (χ0v) is 9.04. The minimum Gasteiger partial charge on any atom is -0.481 e. The van der Waals surface area contributed by atoms with E-state index in [0.29, 0.717) is 5.88 Å². The summed E-state index contributed by atoms with van der Waals surface area (Å²) in [6.07, 6.45) is 3.60. The van der Waals surface area contributed by atoms with Gasteiger partial charge >= 0.3 is 0 Å². The zero-order chi connectivity index (χ0) is 9.68. The van der Waals surface area contributed by atoms with Crippen LogP contribution in [0.3, 0.4) is 0 Å². The minimum absolute atomic E-state index is 0.598. The molecule has 1 heterocycles. The van der Waals surface area contributed by atoms with Crippen molar-refractivity contribution >= 4 is 34.0 Å². The molecule has 13 heavy (non-hydrogen) atoms. The standard InChI is InChI=1S/C8H10N2OS2/c1-11-7-4-3-6(5-9-7)10-8(12)13-2/h3-5H,1-2H3,(H,10,12). The number of nitrogens with one attached hydrogen (secondary N) is 1. The van der Waals surface area contributed by atoms with Gasteiger partial charge in [-0.15, -0.1) is 11.8 Å². The fourth-order valence-electron chi connectivity index (χ4n) is 0.744. The monoisotopic (exact) mass is 214 g/mol. The summed E-state index contributed by atoms with van der Waals surface area (Å²) in [5.74, 6) is 0.598. The number of ether oxygens (including phenoxy) is 1. The normalized spacial score (nSPS) is 9.38. The van der Waals surface area contributed by atoms with Gasteiger partial charge in [0.2, 0.25) is 5.88 Å². The van der Waals surface area contributed by atoms with Crippen molar-refractivity contribution in [2.75, 3.05) is 18.7 Å². The second kappa shape index (κ2) is 5.04. The predicted octanol–water partition coefficient (Wildman–Crippen LogP) is 2.15. The number of thiocarbonyl (C=S) groups is 1. The molecule has 0 spiro atoms. The van der Waals surface area contributed by atoms with Crippen LogP contribution in [0.4, 0.5) is 5.69 Å². The van der Waals surface area contributed by atoms with E-state index in [1.165, 1.54) is 11.8 Å². The Morgan fingerprint density at radius 1 is 1.62 bits per heavy atom. The van der Waals surface area contributed by atoms with Gasteiger partial charge in [0.1, 0.15) is 4.32 Å². The van der Waals surface area contributed by atoms with E-state index in [4.69, 9.17) is 17.0 Å². The van der Waals surface area contributed by atoms with Crippen LogP contribution in [-0.4, -0.2) is 22.7 Å². The number of hydrogen-bond donors (Lipinski definition) is 1. The highest BCUT2D eigenvalue weighted by Gasteiger charge is 1.96. The molecule has 1 rings (SSSR count). The summed E-state index contributed by atoms with van der Waals surface area (Å²) < 4.78 is 5.65. The van der Waals surface area contributed by atoms with Crippen LogP contribution in [0.15, 0.2) is 18.3 Å². The van der Waals surface area contributed by atoms with Crippen LogP contribution in [0.25, 0.3) is 0 Å². The Labute approximate surface area is 86.9 Å². The molecule has 0 aromatic carbocycles. The van der Waals surface area contributed by atoms with E-state index in [9.17, 15) is 0 Å². The highest BCUT2D eigenvalue weighted by atomic mass is 32.2. The maximum absolute atomic E-state index is 4.99. The largest absolute Gasteiger partial charge is 0.481 e. The lowest BCUT2D eigenvalue weighted by molar-refractivity contribution is 0.398. The SMILES string of the molecule is COc1ccc(NC(=S)SC)cn1. The molecule has 0 saturated carbocycles. The lowest BCUT2D eigenvalue weighted by atomic mass is 10.4. The third-order valence-corrected chi connectivity index (χ3v) is 2.45. The van der Waals surface area contributed by atoms with Crippen molar-refractivity contribution in [3.63, 3.8) is 0 Å². The molecule has 0 aliphatic carbocycles. The number of nitrogens with zero attached hydrogens (tertiary/aromatic N) is 1. The maximum Gasteiger partial charge on any atom is 0.213 e. The highest BCUT2D eigenvalue weighted by molar-refractivity contribution is 8.22. The third-order valence-electron chi connectivity index (χ3n) is 1.38. The number of pyridine rings is 1. The molecule has 1 aromatic rings. The molecule has 0 fully saturated rings. The van der Waals surface area contributed by atoms with Crippen LogP contribution in [0.5, 0.6) is 5.88 Å². The maximum atomic E-state index is 4.99. The molecule has 0 amide bonds. The van der Waals surface area contributed by atoms with Crippen molar-refractivity contribution in [1.29, 1.82) is 0 Å². The Morgan fingerprint density at radius 2 is 2.38 bits per heavy atom. The molecule has 70 valence electrons. The van der Waals surface area contributed by atoms with E-state index in [1.807, 2.05) is 12.3 Å². The number of rotatable bonds is 2. The first-order chi connectivity index (χ1) is 6.26. The van der Waals surface area contributed by atoms with Crippen molar-refractivity contribution in [3.05, 3.63) is 18.3 Å². The van der Waals surface area contributed by atoms with Gasteiger partial charge in [-0.1, -0.05) is 12.2 Å². The Bertz CT molecular complexity index is 287. The molecule has 0 aliphatic rings. The second-order valence-corrected chi connectivity index (χ2v) is 3.69. The van der Waals surface area contributed by atoms with Gasteiger partial charge in [-0.3, -0.25) is 0 Å². The van der Waals surface area contributed by atoms with E-state index in [-0.39, 0.29) is 0 Å². The number of aromatic nitrogens is 1. The van der Waals surface area contributed by atoms with Gasteiger partial charge < -0.3 is 10.1 Å². The Morgan fingerprint density at radius 3 is 2.85 bits per heavy atom. The molecular formula is C8H10N2OS2. The van der Waals surface area contributed by atoms with Crippen molar-refractivity contribution in [2.45, 2.75) is 0 Å². The van der Waals surface area contributed by atoms with E-state index < -0.39 is 0 Å². The molecule has 3 nitrogen and oxygen atoms in total. The van der Waals surface area contributed by atoms with Crippen molar-refractivity contribution < 1.29 is 4.74 Å². The van der Waals surface area contributed by atoms with Gasteiger partial charge in [-0.2, -0.15) is 0 Å². The molecule has 0 bridgehead atoms. The van der Waals surface area contributed by atoms with E-state index in [1.54, 1.807) is 19.4 Å². The third kappa shape index (κ3) is 3.20. The van der Waals surface area contributed by atoms with Crippen LogP contribution in [0.2, 0.25) is 0 Å². The average molecular weight is 214 g/mol. The van der Waals surface area contributed by atoms with Gasteiger partial charge in [0.25, 0.3) is 0 Å². The summed E-state index contributed by atoms with van der Waals surface area (Å²) in [4.78, 5) is 4.03. The van der Waals surface area contributed by atoms with E-state index >= 15 is 0 Å². The molecule has 0 saturated heterocycles. The fraction of sp³-hybridized carbons (Fsp3) is 0.250. The van der Waals surface area contributed by atoms with Gasteiger partial charge in [-0.05, 0) is 12.3 Å². The average Bonchev–Trinajstić information content (AvgIpc) is 2.19. The summed E-state index contributed by atoms with van der Waals surface area (Å²) in [5.41, 5.74) is 0.875. The first-order valence-electron chi connectivity index (χ1n) is 3.61. The van der Waals surface area contributed by atoms with Crippen molar-refractivity contribution in [1.82, 2.24) is 4.98 Å². The van der Waals surface area contributed by atoms with E-state index in [2.05, 4.69) is 10.3 Å². The Balaban J connectivity index is 2.64. The molecule has 1 aromatic heterocycles. The summed E-state index contributed by atoms with van der Waals surface area (Å²) >= 11 is 6.48. The predicted molar refractivity (Wildman–Crippen MR) is 60.5 cm³/mol. The number of thioether (sulfide) groups is 1. The van der Waals surface area contributed by atoms with Crippen LogP contribution in [-0.2, 0) is 0 Å². The lowest BCUT2D eigenvalue weighted by Gasteiger charge is -2.04. The molecule has 0 radical (unpaired) electrons. The molecule has 1 N–H and O–H groups in total. The summed E-state index contributed by atoms with van der Waals surface area (Å²) in [6.45, 7) is 0. The smallest absolute Gasteiger partial charge is 0.213 e. The van der Waals surface area contributed by atoms with Crippen LogP contribution >= 0.6 is 24.0 Å². The minimum atomic E-state index is 0.598. The first-order valence-corrected chi connectivity index (χ1v) is 5.24. The van der Waals surface area contributed by atoms with Crippen molar-refractivity contribution in [3.8, 4) is 5.88 Å². The lowest BCUT2D eigenvalue weighted by Crippen LogP contribution is -2.03. The quantitative estimate of drug-likeness (QED) is 0.763. The van der Waals surface area contributed by atoms with Crippen LogP contribution in [0, 0.1) is 0 Å².